The van der Waals surface area contributed by atoms with Crippen LogP contribution in [-0.2, 0) is 16.8 Å². The number of nitrogens with zero attached hydrogens (tertiary/aromatic N) is 1. The van der Waals surface area contributed by atoms with Gasteiger partial charge in [-0.3, -0.25) is 0 Å². The molecule has 0 saturated carbocycles. The zero-order valence-corrected chi connectivity index (χ0v) is 12.8. The maximum absolute atomic E-state index is 11.9. The summed E-state index contributed by atoms with van der Waals surface area (Å²) in [6.07, 6.45) is 0. The summed E-state index contributed by atoms with van der Waals surface area (Å²) in [5.74, 6) is 5.68. The van der Waals surface area contributed by atoms with Gasteiger partial charge in [0.2, 0.25) is 0 Å². The molecule has 0 bridgehead atoms. The van der Waals surface area contributed by atoms with Crippen molar-refractivity contribution in [2.75, 3.05) is 19.6 Å². The molecule has 1 rings (SSSR count). The van der Waals surface area contributed by atoms with Crippen LogP contribution >= 0.6 is 11.3 Å². The van der Waals surface area contributed by atoms with Crippen molar-refractivity contribution in [3.05, 3.63) is 21.9 Å². The minimum atomic E-state index is -3.39. The van der Waals surface area contributed by atoms with E-state index in [9.17, 15) is 8.42 Å². The number of thiophene rings is 1. The van der Waals surface area contributed by atoms with Gasteiger partial charge in [-0.1, -0.05) is 25.7 Å². The molecule has 0 saturated heterocycles. The average molecular weight is 301 g/mol. The molecule has 1 heterocycles. The molecule has 3 N–H and O–H groups in total. The van der Waals surface area contributed by atoms with Gasteiger partial charge in [0, 0.05) is 35.5 Å². The lowest BCUT2D eigenvalue weighted by molar-refractivity contribution is 0.435. The van der Waals surface area contributed by atoms with E-state index in [1.165, 1.54) is 15.6 Å². The summed E-state index contributed by atoms with van der Waals surface area (Å²) in [4.78, 5) is 0.928. The average Bonchev–Trinajstić information content (AvgIpc) is 2.83. The molecule has 0 aliphatic carbocycles. The fraction of sp³-hybridized carbons (Fsp3) is 0.500. The molecule has 0 atom stereocenters. The second-order valence-corrected chi connectivity index (χ2v) is 6.47. The first kappa shape index (κ1) is 16.1. The number of hydrogen-bond donors (Lipinski definition) is 2. The van der Waals surface area contributed by atoms with Gasteiger partial charge in [-0.15, -0.1) is 11.3 Å². The van der Waals surface area contributed by atoms with Crippen molar-refractivity contribution in [3.8, 4) is 11.8 Å². The third-order valence-electron chi connectivity index (χ3n) is 2.46. The van der Waals surface area contributed by atoms with Gasteiger partial charge in [0.25, 0.3) is 10.2 Å². The summed E-state index contributed by atoms with van der Waals surface area (Å²) in [7, 11) is -3.39. The molecule has 1 aromatic rings. The van der Waals surface area contributed by atoms with E-state index < -0.39 is 10.2 Å². The van der Waals surface area contributed by atoms with E-state index in [-0.39, 0.29) is 6.54 Å². The second-order valence-electron chi connectivity index (χ2n) is 3.72. The lowest BCUT2D eigenvalue weighted by Gasteiger charge is -2.18. The highest BCUT2D eigenvalue weighted by Gasteiger charge is 2.17. The van der Waals surface area contributed by atoms with E-state index in [1.54, 1.807) is 0 Å². The second kappa shape index (κ2) is 7.62. The zero-order chi connectivity index (χ0) is 14.3. The number of rotatable bonds is 6. The smallest absolute Gasteiger partial charge is 0.279 e. The lowest BCUT2D eigenvalue weighted by atomic mass is 10.3. The molecular formula is C12H19N3O2S2. The van der Waals surface area contributed by atoms with Gasteiger partial charge in [-0.25, -0.2) is 0 Å². The molecule has 0 aromatic carbocycles. The maximum atomic E-state index is 11.9. The number of nitrogens with one attached hydrogen (secondary N) is 1. The minimum Gasteiger partial charge on any atom is -0.320 e. The molecule has 1 aromatic heterocycles. The van der Waals surface area contributed by atoms with Crippen molar-refractivity contribution in [3.63, 3.8) is 0 Å². The Hall–Kier alpha value is -0.910. The van der Waals surface area contributed by atoms with Gasteiger partial charge in [-0.2, -0.15) is 17.4 Å². The predicted molar refractivity (Wildman–Crippen MR) is 78.9 cm³/mol. The van der Waals surface area contributed by atoms with Gasteiger partial charge in [0.15, 0.2) is 0 Å². The highest BCUT2D eigenvalue weighted by Crippen LogP contribution is 2.14. The maximum Gasteiger partial charge on any atom is 0.279 e. The highest BCUT2D eigenvalue weighted by molar-refractivity contribution is 7.87. The Morgan fingerprint density at radius 3 is 2.68 bits per heavy atom. The lowest BCUT2D eigenvalue weighted by Crippen LogP contribution is -2.39. The molecule has 0 aliphatic rings. The van der Waals surface area contributed by atoms with E-state index in [0.717, 1.165) is 10.4 Å². The molecule has 0 amide bonds. The standard InChI is InChI=1S/C12H19N3O2S2/c1-3-15(4-2)19(16,17)14-9-12-8-11(10-18-12)6-5-7-13/h8,10,14H,3-4,7,9,13H2,1-2H3. The van der Waals surface area contributed by atoms with Crippen LogP contribution < -0.4 is 10.5 Å². The van der Waals surface area contributed by atoms with Crippen LogP contribution in [0.1, 0.15) is 24.3 Å². The Kier molecular flexibility index (Phi) is 6.48. The molecular weight excluding hydrogens is 282 g/mol. The summed E-state index contributed by atoms with van der Waals surface area (Å²) in [6.45, 7) is 5.16. The van der Waals surface area contributed by atoms with Gasteiger partial charge in [0.05, 0.1) is 6.54 Å². The van der Waals surface area contributed by atoms with Gasteiger partial charge in [0.1, 0.15) is 0 Å². The van der Waals surface area contributed by atoms with E-state index in [1.807, 2.05) is 25.3 Å². The van der Waals surface area contributed by atoms with E-state index >= 15 is 0 Å². The first-order valence-electron chi connectivity index (χ1n) is 6.04. The Balaban J connectivity index is 2.64. The number of nitrogens with two attached hydrogens (primary N) is 1. The van der Waals surface area contributed by atoms with Crippen LogP contribution in [0.25, 0.3) is 0 Å². The Bertz CT molecular complexity index is 551. The molecule has 0 unspecified atom stereocenters. The summed E-state index contributed by atoms with van der Waals surface area (Å²) in [5.41, 5.74) is 6.16. The van der Waals surface area contributed by atoms with Crippen LogP contribution in [0.3, 0.4) is 0 Å². The van der Waals surface area contributed by atoms with Crippen LogP contribution in [-0.4, -0.2) is 32.4 Å². The summed E-state index contributed by atoms with van der Waals surface area (Å²) < 4.78 is 27.8. The Labute approximate surface area is 119 Å². The molecule has 5 nitrogen and oxygen atoms in total. The fourth-order valence-corrected chi connectivity index (χ4v) is 3.56. The van der Waals surface area contributed by atoms with Crippen LogP contribution in [0.2, 0.25) is 0 Å². The van der Waals surface area contributed by atoms with Gasteiger partial charge in [-0.05, 0) is 6.07 Å². The first-order chi connectivity index (χ1) is 9.03. The van der Waals surface area contributed by atoms with Gasteiger partial charge < -0.3 is 5.73 Å². The van der Waals surface area contributed by atoms with Gasteiger partial charge >= 0.3 is 0 Å². The topological polar surface area (TPSA) is 75.4 Å². The number of hydrogen-bond acceptors (Lipinski definition) is 4. The van der Waals surface area contributed by atoms with Crippen molar-refractivity contribution in [2.45, 2.75) is 20.4 Å². The van der Waals surface area contributed by atoms with Crippen molar-refractivity contribution < 1.29 is 8.42 Å². The molecule has 0 spiro atoms. The Morgan fingerprint density at radius 2 is 2.11 bits per heavy atom. The highest BCUT2D eigenvalue weighted by atomic mass is 32.2. The third kappa shape index (κ3) is 4.93. The van der Waals surface area contributed by atoms with E-state index in [2.05, 4.69) is 16.6 Å². The van der Waals surface area contributed by atoms with Crippen LogP contribution in [0.5, 0.6) is 0 Å². The largest absolute Gasteiger partial charge is 0.320 e. The monoisotopic (exact) mass is 301 g/mol. The predicted octanol–water partition coefficient (Wildman–Crippen LogP) is 0.735. The molecule has 0 radical (unpaired) electrons. The normalized spacial score (nSPS) is 11.4. The van der Waals surface area contributed by atoms with Crippen molar-refractivity contribution in [1.82, 2.24) is 9.03 Å². The Morgan fingerprint density at radius 1 is 1.42 bits per heavy atom. The summed E-state index contributed by atoms with van der Waals surface area (Å²) in [6, 6.07) is 1.87. The molecule has 19 heavy (non-hydrogen) atoms. The third-order valence-corrected chi connectivity index (χ3v) is 5.10. The first-order valence-corrected chi connectivity index (χ1v) is 8.36. The van der Waals surface area contributed by atoms with Crippen molar-refractivity contribution in [1.29, 1.82) is 0 Å². The quantitative estimate of drug-likeness (QED) is 0.761. The minimum absolute atomic E-state index is 0.286. The summed E-state index contributed by atoms with van der Waals surface area (Å²) >= 11 is 1.48. The summed E-state index contributed by atoms with van der Waals surface area (Å²) in [5, 5.41) is 1.89. The van der Waals surface area contributed by atoms with Crippen molar-refractivity contribution >= 4 is 21.5 Å². The SMILES string of the molecule is CCN(CC)S(=O)(=O)NCc1cc(C#CCN)cs1. The van der Waals surface area contributed by atoms with E-state index in [4.69, 9.17) is 5.73 Å². The van der Waals surface area contributed by atoms with Crippen LogP contribution in [0, 0.1) is 11.8 Å². The molecule has 0 fully saturated rings. The zero-order valence-electron chi connectivity index (χ0n) is 11.1. The van der Waals surface area contributed by atoms with E-state index in [0.29, 0.717) is 19.6 Å². The van der Waals surface area contributed by atoms with Crippen LogP contribution in [0.4, 0.5) is 0 Å². The van der Waals surface area contributed by atoms with Crippen molar-refractivity contribution in [2.24, 2.45) is 5.73 Å². The molecule has 7 heteroatoms. The van der Waals surface area contributed by atoms with Crippen LogP contribution in [0.15, 0.2) is 11.4 Å². The fourth-order valence-electron chi connectivity index (χ4n) is 1.51. The molecule has 106 valence electrons. The molecule has 0 aliphatic heterocycles.